The van der Waals surface area contributed by atoms with Crippen molar-refractivity contribution in [1.29, 1.82) is 0 Å². The Hall–Kier alpha value is -3.81. The molecule has 8 nitrogen and oxygen atoms in total. The van der Waals surface area contributed by atoms with Gasteiger partial charge in [0.15, 0.2) is 0 Å². The van der Waals surface area contributed by atoms with Crippen LogP contribution in [0.5, 0.6) is 5.75 Å². The molecular formula is C21H20N4O4. The van der Waals surface area contributed by atoms with Gasteiger partial charge in [-0.05, 0) is 24.3 Å². The number of rotatable bonds is 3. The molecular weight excluding hydrogens is 372 g/mol. The molecule has 0 spiro atoms. The molecule has 0 radical (unpaired) electrons. The Balaban J connectivity index is 1.99. The van der Waals surface area contributed by atoms with Crippen LogP contribution in [-0.2, 0) is 14.1 Å². The minimum absolute atomic E-state index is 0.267. The Bertz CT molecular complexity index is 1230. The number of para-hydroxylation sites is 3. The van der Waals surface area contributed by atoms with E-state index in [1.54, 1.807) is 49.5 Å². The Kier molecular flexibility index (Phi) is 4.46. The van der Waals surface area contributed by atoms with Crippen LogP contribution < -0.4 is 26.2 Å². The van der Waals surface area contributed by atoms with E-state index in [2.05, 4.69) is 5.32 Å². The molecule has 1 aromatic heterocycles. The smallest absolute Gasteiger partial charge is 0.330 e. The van der Waals surface area contributed by atoms with Gasteiger partial charge in [0, 0.05) is 26.0 Å². The first-order valence-corrected chi connectivity index (χ1v) is 9.02. The highest BCUT2D eigenvalue weighted by atomic mass is 16.5. The SMILES string of the molecule is COc1ccccc1N1C(=O)c2ccccc2NC1c1cn(C)c(=O)n(C)c1=O. The highest BCUT2D eigenvalue weighted by molar-refractivity contribution is 6.12. The van der Waals surface area contributed by atoms with Gasteiger partial charge in [-0.25, -0.2) is 4.79 Å². The summed E-state index contributed by atoms with van der Waals surface area (Å²) in [5.41, 5.74) is 0.968. The lowest BCUT2D eigenvalue weighted by Gasteiger charge is -2.38. The predicted octanol–water partition coefficient (Wildman–Crippen LogP) is 1.86. The van der Waals surface area contributed by atoms with Crippen LogP contribution in [0, 0.1) is 0 Å². The molecule has 29 heavy (non-hydrogen) atoms. The standard InChI is InChI=1S/C21H20N4O4/c1-23-12-14(19(26)24(2)21(23)28)18-22-15-9-5-4-8-13(15)20(27)25(18)16-10-6-7-11-17(16)29-3/h4-12,18,22H,1-3H3. The minimum atomic E-state index is -0.820. The van der Waals surface area contributed by atoms with Crippen molar-refractivity contribution in [1.82, 2.24) is 9.13 Å². The maximum Gasteiger partial charge on any atom is 0.330 e. The van der Waals surface area contributed by atoms with E-state index in [0.717, 1.165) is 4.57 Å². The molecule has 0 fully saturated rings. The number of methoxy groups -OCH3 is 1. The molecule has 8 heteroatoms. The number of hydrogen-bond acceptors (Lipinski definition) is 5. The number of amides is 1. The first kappa shape index (κ1) is 18.5. The number of carbonyl (C=O) groups excluding carboxylic acids is 1. The van der Waals surface area contributed by atoms with Gasteiger partial charge in [0.1, 0.15) is 11.9 Å². The van der Waals surface area contributed by atoms with Gasteiger partial charge >= 0.3 is 5.69 Å². The fourth-order valence-electron chi connectivity index (χ4n) is 3.57. The van der Waals surface area contributed by atoms with E-state index in [1.807, 2.05) is 6.07 Å². The van der Waals surface area contributed by atoms with Crippen molar-refractivity contribution < 1.29 is 9.53 Å². The van der Waals surface area contributed by atoms with E-state index in [0.29, 0.717) is 22.7 Å². The van der Waals surface area contributed by atoms with E-state index in [9.17, 15) is 14.4 Å². The maximum absolute atomic E-state index is 13.5. The summed E-state index contributed by atoms with van der Waals surface area (Å²) in [4.78, 5) is 40.0. The Labute approximate surface area is 166 Å². The highest BCUT2D eigenvalue weighted by Crippen LogP contribution is 2.39. The molecule has 0 saturated carbocycles. The summed E-state index contributed by atoms with van der Waals surface area (Å²) in [5.74, 6) is 0.221. The lowest BCUT2D eigenvalue weighted by molar-refractivity contribution is 0.0974. The quantitative estimate of drug-likeness (QED) is 0.735. The first-order valence-electron chi connectivity index (χ1n) is 9.02. The predicted molar refractivity (Wildman–Crippen MR) is 110 cm³/mol. The van der Waals surface area contributed by atoms with Crippen molar-refractivity contribution in [3.63, 3.8) is 0 Å². The number of fused-ring (bicyclic) bond motifs is 1. The van der Waals surface area contributed by atoms with Crippen LogP contribution in [0.3, 0.4) is 0 Å². The molecule has 1 N–H and O–H groups in total. The van der Waals surface area contributed by atoms with Gasteiger partial charge in [0.05, 0.1) is 23.9 Å². The zero-order valence-corrected chi connectivity index (χ0v) is 16.2. The molecule has 1 amide bonds. The number of ether oxygens (including phenoxy) is 1. The highest BCUT2D eigenvalue weighted by Gasteiger charge is 2.37. The molecule has 2 heterocycles. The number of aromatic nitrogens is 2. The molecule has 4 rings (SSSR count). The molecule has 2 aromatic carbocycles. The number of anilines is 2. The van der Waals surface area contributed by atoms with E-state index >= 15 is 0 Å². The van der Waals surface area contributed by atoms with E-state index in [1.165, 1.54) is 29.8 Å². The van der Waals surface area contributed by atoms with Gasteiger partial charge in [0.2, 0.25) is 0 Å². The second kappa shape index (κ2) is 6.97. The Morgan fingerprint density at radius 2 is 1.66 bits per heavy atom. The molecule has 1 aliphatic rings. The summed E-state index contributed by atoms with van der Waals surface area (Å²) in [6.45, 7) is 0. The van der Waals surface area contributed by atoms with Crippen LogP contribution in [0.4, 0.5) is 11.4 Å². The van der Waals surface area contributed by atoms with Crippen LogP contribution in [-0.4, -0.2) is 22.2 Å². The third-order valence-corrected chi connectivity index (χ3v) is 5.04. The van der Waals surface area contributed by atoms with Gasteiger partial charge < -0.3 is 14.6 Å². The van der Waals surface area contributed by atoms with Crippen LogP contribution in [0.2, 0.25) is 0 Å². The van der Waals surface area contributed by atoms with Crippen molar-refractivity contribution in [2.45, 2.75) is 6.17 Å². The van der Waals surface area contributed by atoms with E-state index in [4.69, 9.17) is 4.74 Å². The molecule has 0 aliphatic carbocycles. The van der Waals surface area contributed by atoms with Crippen molar-refractivity contribution in [2.75, 3.05) is 17.3 Å². The van der Waals surface area contributed by atoms with Gasteiger partial charge in [-0.1, -0.05) is 24.3 Å². The zero-order chi connectivity index (χ0) is 20.7. The number of benzene rings is 2. The number of nitrogens with zero attached hydrogens (tertiary/aromatic N) is 3. The first-order chi connectivity index (χ1) is 13.9. The monoisotopic (exact) mass is 392 g/mol. The van der Waals surface area contributed by atoms with Crippen molar-refractivity contribution in [2.24, 2.45) is 14.1 Å². The Morgan fingerprint density at radius 1 is 0.966 bits per heavy atom. The third kappa shape index (κ3) is 2.89. The van der Waals surface area contributed by atoms with Crippen LogP contribution in [0.25, 0.3) is 0 Å². The second-order valence-electron chi connectivity index (χ2n) is 6.78. The van der Waals surface area contributed by atoms with Crippen LogP contribution in [0.15, 0.2) is 64.3 Å². The van der Waals surface area contributed by atoms with Crippen molar-refractivity contribution in [3.05, 3.63) is 86.7 Å². The number of carbonyl (C=O) groups is 1. The molecule has 3 aromatic rings. The molecule has 1 unspecified atom stereocenters. The van der Waals surface area contributed by atoms with Gasteiger partial charge in [-0.15, -0.1) is 0 Å². The van der Waals surface area contributed by atoms with Gasteiger partial charge in [0.25, 0.3) is 11.5 Å². The van der Waals surface area contributed by atoms with Gasteiger partial charge in [-0.2, -0.15) is 0 Å². The second-order valence-corrected chi connectivity index (χ2v) is 6.78. The number of hydrogen-bond donors (Lipinski definition) is 1. The third-order valence-electron chi connectivity index (χ3n) is 5.04. The van der Waals surface area contributed by atoms with Crippen LogP contribution in [0.1, 0.15) is 22.1 Å². The average Bonchev–Trinajstić information content (AvgIpc) is 2.75. The topological polar surface area (TPSA) is 85.6 Å². The molecule has 1 aliphatic heterocycles. The summed E-state index contributed by atoms with van der Waals surface area (Å²) in [5, 5.41) is 3.28. The average molecular weight is 392 g/mol. The molecule has 0 bridgehead atoms. The van der Waals surface area contributed by atoms with E-state index < -0.39 is 17.4 Å². The lowest BCUT2D eigenvalue weighted by Crippen LogP contribution is -2.48. The minimum Gasteiger partial charge on any atom is -0.495 e. The lowest BCUT2D eigenvalue weighted by atomic mass is 10.0. The fourth-order valence-corrected chi connectivity index (χ4v) is 3.57. The maximum atomic E-state index is 13.5. The molecule has 0 saturated heterocycles. The summed E-state index contributed by atoms with van der Waals surface area (Å²) < 4.78 is 7.81. The summed E-state index contributed by atoms with van der Waals surface area (Å²) in [6, 6.07) is 14.2. The summed E-state index contributed by atoms with van der Waals surface area (Å²) in [7, 11) is 4.51. The van der Waals surface area contributed by atoms with E-state index in [-0.39, 0.29) is 11.5 Å². The number of nitrogens with one attached hydrogen (secondary N) is 1. The van der Waals surface area contributed by atoms with Crippen molar-refractivity contribution in [3.8, 4) is 5.75 Å². The van der Waals surface area contributed by atoms with Crippen molar-refractivity contribution >= 4 is 17.3 Å². The molecule has 148 valence electrons. The molecule has 1 atom stereocenters. The summed E-state index contributed by atoms with van der Waals surface area (Å²) in [6.07, 6.45) is 0.644. The normalized spacial score (nSPS) is 15.6. The zero-order valence-electron chi connectivity index (χ0n) is 16.2. The Morgan fingerprint density at radius 3 is 2.41 bits per heavy atom. The fraction of sp³-hybridized carbons (Fsp3) is 0.190. The summed E-state index contributed by atoms with van der Waals surface area (Å²) >= 11 is 0. The largest absolute Gasteiger partial charge is 0.495 e. The number of aryl methyl sites for hydroxylation is 1. The van der Waals surface area contributed by atoms with Gasteiger partial charge in [-0.3, -0.25) is 19.1 Å². The van der Waals surface area contributed by atoms with Crippen LogP contribution >= 0.6 is 0 Å².